The second kappa shape index (κ2) is 7.57. The lowest BCUT2D eigenvalue weighted by Gasteiger charge is -2.28. The van der Waals surface area contributed by atoms with Gasteiger partial charge in [0, 0.05) is 17.8 Å². The number of carbonyl (C=O) groups excluding carboxylic acids is 1. The van der Waals surface area contributed by atoms with Gasteiger partial charge in [-0.1, -0.05) is 12.1 Å². The van der Waals surface area contributed by atoms with E-state index in [1.165, 1.54) is 6.33 Å². The molecule has 0 spiro atoms. The Bertz CT molecular complexity index is 1160. The molecule has 0 bridgehead atoms. The summed E-state index contributed by atoms with van der Waals surface area (Å²) in [7, 11) is 0. The summed E-state index contributed by atoms with van der Waals surface area (Å²) in [6, 6.07) is 6.58. The Balaban J connectivity index is 1.73. The largest absolute Gasteiger partial charge is 0.478 e. The summed E-state index contributed by atoms with van der Waals surface area (Å²) in [6.45, 7) is 6.00. The number of nitrogens with zero attached hydrogens (tertiary/aromatic N) is 3. The van der Waals surface area contributed by atoms with Crippen molar-refractivity contribution in [1.82, 2.24) is 19.9 Å². The summed E-state index contributed by atoms with van der Waals surface area (Å²) in [5.74, 6) is -0.616. The van der Waals surface area contributed by atoms with Gasteiger partial charge in [-0.2, -0.15) is 0 Å². The van der Waals surface area contributed by atoms with Crippen molar-refractivity contribution in [3.63, 3.8) is 0 Å². The average molecular weight is 423 g/mol. The quantitative estimate of drug-likeness (QED) is 0.589. The van der Waals surface area contributed by atoms with Gasteiger partial charge in [-0.15, -0.1) is 0 Å². The highest BCUT2D eigenvalue weighted by atomic mass is 16.6. The first-order valence-electron chi connectivity index (χ1n) is 10.1. The second-order valence-electron chi connectivity index (χ2n) is 8.65. The highest BCUT2D eigenvalue weighted by Crippen LogP contribution is 2.39. The van der Waals surface area contributed by atoms with Gasteiger partial charge in [0.1, 0.15) is 23.4 Å². The molecule has 1 amide bonds. The van der Waals surface area contributed by atoms with Gasteiger partial charge >= 0.3 is 12.1 Å². The lowest BCUT2D eigenvalue weighted by atomic mass is 9.96. The Kier molecular flexibility index (Phi) is 5.04. The van der Waals surface area contributed by atoms with Crippen LogP contribution in [0.5, 0.6) is 0 Å². The lowest BCUT2D eigenvalue weighted by molar-refractivity contribution is 0.0493. The van der Waals surface area contributed by atoms with E-state index in [1.54, 1.807) is 24.3 Å². The molecule has 1 aliphatic heterocycles. The maximum Gasteiger partial charge on any atom is 0.407 e. The van der Waals surface area contributed by atoms with Crippen LogP contribution < -0.4 is 11.1 Å². The SMILES string of the molecule is CC(C)(C)OC(=O)N[C@@H]1CCc2c(-c3ccc(C(=O)O)cc3)c3c(N)ncnc3n2C1. The van der Waals surface area contributed by atoms with Gasteiger partial charge in [0.25, 0.3) is 0 Å². The number of hydrogen-bond donors (Lipinski definition) is 3. The van der Waals surface area contributed by atoms with Crippen LogP contribution in [0.3, 0.4) is 0 Å². The van der Waals surface area contributed by atoms with Crippen LogP contribution in [0.1, 0.15) is 43.2 Å². The molecule has 4 N–H and O–H groups in total. The number of nitrogens with one attached hydrogen (secondary N) is 1. The summed E-state index contributed by atoms with van der Waals surface area (Å²) in [5, 5.41) is 12.9. The van der Waals surface area contributed by atoms with E-state index in [0.29, 0.717) is 24.4 Å². The smallest absolute Gasteiger partial charge is 0.407 e. The van der Waals surface area contributed by atoms with E-state index in [1.807, 2.05) is 20.8 Å². The highest BCUT2D eigenvalue weighted by Gasteiger charge is 2.29. The Labute approximate surface area is 179 Å². The van der Waals surface area contributed by atoms with Crippen molar-refractivity contribution in [2.75, 3.05) is 5.73 Å². The predicted octanol–water partition coefficient (Wildman–Crippen LogP) is 3.22. The molecule has 162 valence electrons. The Morgan fingerprint density at radius 3 is 2.58 bits per heavy atom. The zero-order chi connectivity index (χ0) is 22.3. The molecule has 0 unspecified atom stereocenters. The number of hydrogen-bond acceptors (Lipinski definition) is 6. The van der Waals surface area contributed by atoms with Crippen molar-refractivity contribution in [2.45, 2.75) is 51.8 Å². The summed E-state index contributed by atoms with van der Waals surface area (Å²) >= 11 is 0. The third-order valence-electron chi connectivity index (χ3n) is 5.25. The second-order valence-corrected chi connectivity index (χ2v) is 8.65. The van der Waals surface area contributed by atoms with E-state index in [4.69, 9.17) is 10.5 Å². The minimum absolute atomic E-state index is 0.114. The van der Waals surface area contributed by atoms with Crippen LogP contribution in [-0.4, -0.2) is 43.3 Å². The van der Waals surface area contributed by atoms with E-state index in [9.17, 15) is 14.7 Å². The molecule has 0 fully saturated rings. The van der Waals surface area contributed by atoms with Crippen LogP contribution in [0.2, 0.25) is 0 Å². The molecule has 31 heavy (non-hydrogen) atoms. The number of alkyl carbamates (subject to hydrolysis) is 1. The summed E-state index contributed by atoms with van der Waals surface area (Å²) in [5.41, 5.74) is 9.35. The fourth-order valence-corrected chi connectivity index (χ4v) is 4.00. The maximum atomic E-state index is 12.2. The van der Waals surface area contributed by atoms with Gasteiger partial charge in [-0.25, -0.2) is 19.6 Å². The van der Waals surface area contributed by atoms with E-state index < -0.39 is 17.7 Å². The minimum atomic E-state index is -0.978. The molecule has 1 atom stereocenters. The minimum Gasteiger partial charge on any atom is -0.478 e. The first-order chi connectivity index (χ1) is 14.6. The molecule has 4 rings (SSSR count). The molecule has 0 radical (unpaired) electrons. The summed E-state index contributed by atoms with van der Waals surface area (Å²) in [6.07, 6.45) is 2.39. The third-order valence-corrected chi connectivity index (χ3v) is 5.25. The average Bonchev–Trinajstić information content (AvgIpc) is 3.02. The van der Waals surface area contributed by atoms with Crippen LogP contribution in [0.4, 0.5) is 10.6 Å². The number of nitrogens with two attached hydrogens (primary N) is 1. The molecule has 1 aromatic carbocycles. The number of nitrogen functional groups attached to an aromatic ring is 1. The number of rotatable bonds is 3. The number of benzene rings is 1. The van der Waals surface area contributed by atoms with Gasteiger partial charge in [-0.3, -0.25) is 0 Å². The van der Waals surface area contributed by atoms with Gasteiger partial charge in [-0.05, 0) is 51.3 Å². The summed E-state index contributed by atoms with van der Waals surface area (Å²) in [4.78, 5) is 32.1. The normalized spacial score (nSPS) is 16.0. The van der Waals surface area contributed by atoms with Gasteiger partial charge in [0.15, 0.2) is 0 Å². The number of ether oxygens (including phenoxy) is 1. The van der Waals surface area contributed by atoms with E-state index in [0.717, 1.165) is 28.6 Å². The van der Waals surface area contributed by atoms with E-state index in [2.05, 4.69) is 19.9 Å². The van der Waals surface area contributed by atoms with Gasteiger partial charge in [0.05, 0.1) is 17.0 Å². The fraction of sp³-hybridized carbons (Fsp3) is 0.364. The maximum absolute atomic E-state index is 12.2. The Hall–Kier alpha value is -3.62. The number of carbonyl (C=O) groups is 2. The molecule has 2 aromatic heterocycles. The van der Waals surface area contributed by atoms with Crippen LogP contribution >= 0.6 is 0 Å². The molecule has 9 heteroatoms. The van der Waals surface area contributed by atoms with E-state index in [-0.39, 0.29) is 11.6 Å². The third kappa shape index (κ3) is 4.03. The Morgan fingerprint density at radius 1 is 1.23 bits per heavy atom. The Morgan fingerprint density at radius 2 is 1.94 bits per heavy atom. The van der Waals surface area contributed by atoms with E-state index >= 15 is 0 Å². The number of aromatic carboxylic acids is 1. The highest BCUT2D eigenvalue weighted by molar-refractivity contribution is 6.03. The van der Waals surface area contributed by atoms with Crippen molar-refractivity contribution in [2.24, 2.45) is 0 Å². The molecule has 0 saturated carbocycles. The van der Waals surface area contributed by atoms with Crippen LogP contribution in [-0.2, 0) is 17.7 Å². The van der Waals surface area contributed by atoms with Crippen molar-refractivity contribution in [3.8, 4) is 11.1 Å². The molecule has 0 saturated heterocycles. The number of amides is 1. The van der Waals surface area contributed by atoms with Crippen molar-refractivity contribution in [1.29, 1.82) is 0 Å². The lowest BCUT2D eigenvalue weighted by Crippen LogP contribution is -2.43. The molecule has 3 heterocycles. The molecular weight excluding hydrogens is 398 g/mol. The van der Waals surface area contributed by atoms with Crippen LogP contribution in [0.25, 0.3) is 22.2 Å². The first kappa shape index (κ1) is 20.6. The first-order valence-corrected chi connectivity index (χ1v) is 10.1. The van der Waals surface area contributed by atoms with Gasteiger partial charge < -0.3 is 25.5 Å². The molecule has 1 aliphatic rings. The zero-order valence-corrected chi connectivity index (χ0v) is 17.7. The molecular formula is C22H25N5O4. The number of fused-ring (bicyclic) bond motifs is 3. The predicted molar refractivity (Wildman–Crippen MR) is 116 cm³/mol. The summed E-state index contributed by atoms with van der Waals surface area (Å²) < 4.78 is 7.44. The number of aromatic nitrogens is 3. The monoisotopic (exact) mass is 423 g/mol. The number of carboxylic acid groups (broad SMARTS) is 1. The topological polar surface area (TPSA) is 132 Å². The molecule has 3 aromatic rings. The number of carboxylic acids is 1. The molecule has 9 nitrogen and oxygen atoms in total. The standard InChI is InChI=1S/C22H25N5O4/c1-22(2,3)31-21(30)26-14-8-9-15-16(12-4-6-13(7-5-12)20(28)29)17-18(23)24-11-25-19(17)27(15)10-14/h4-7,11,14H,8-10H2,1-3H3,(H,26,30)(H,28,29)(H2,23,24,25)/t14-/m1/s1. The van der Waals surface area contributed by atoms with Crippen molar-refractivity contribution < 1.29 is 19.4 Å². The fourth-order valence-electron chi connectivity index (χ4n) is 4.00. The van der Waals surface area contributed by atoms with Crippen molar-refractivity contribution in [3.05, 3.63) is 41.9 Å². The van der Waals surface area contributed by atoms with Crippen LogP contribution in [0, 0.1) is 0 Å². The molecule has 0 aliphatic carbocycles. The van der Waals surface area contributed by atoms with Crippen LogP contribution in [0.15, 0.2) is 30.6 Å². The van der Waals surface area contributed by atoms with Gasteiger partial charge in [0.2, 0.25) is 0 Å². The van der Waals surface area contributed by atoms with Crippen molar-refractivity contribution >= 4 is 28.9 Å². The number of anilines is 1. The zero-order valence-electron chi connectivity index (χ0n) is 17.7.